The average molecular weight is 289 g/mol. The average Bonchev–Trinajstić information content (AvgIpc) is 2.01. The lowest BCUT2D eigenvalue weighted by Gasteiger charge is -2.09. The summed E-state index contributed by atoms with van der Waals surface area (Å²) < 4.78 is 49.8. The van der Waals surface area contributed by atoms with Gasteiger partial charge in [0.2, 0.25) is 0 Å². The first kappa shape index (κ1) is 11.8. The van der Waals surface area contributed by atoms with E-state index < -0.39 is 17.6 Å². The molecular formula is C8H5BrF4S. The third-order valence-electron chi connectivity index (χ3n) is 1.53. The van der Waals surface area contributed by atoms with Gasteiger partial charge in [-0.15, -0.1) is 11.8 Å². The minimum absolute atomic E-state index is 0.123. The Labute approximate surface area is 90.8 Å². The summed E-state index contributed by atoms with van der Waals surface area (Å²) in [5.41, 5.74) is -0.986. The molecule has 0 amide bonds. The summed E-state index contributed by atoms with van der Waals surface area (Å²) in [5.74, 6) is -0.862. The minimum Gasteiger partial charge on any atom is -0.206 e. The van der Waals surface area contributed by atoms with Crippen molar-refractivity contribution < 1.29 is 17.6 Å². The van der Waals surface area contributed by atoms with Gasteiger partial charge in [-0.3, -0.25) is 0 Å². The van der Waals surface area contributed by atoms with E-state index in [2.05, 4.69) is 15.9 Å². The van der Waals surface area contributed by atoms with Gasteiger partial charge < -0.3 is 0 Å². The number of rotatable bonds is 1. The molecule has 6 heteroatoms. The second kappa shape index (κ2) is 4.10. The fourth-order valence-electron chi connectivity index (χ4n) is 0.919. The molecule has 1 aromatic rings. The summed E-state index contributed by atoms with van der Waals surface area (Å²) in [4.78, 5) is 0.179. The van der Waals surface area contributed by atoms with Crippen molar-refractivity contribution in [2.24, 2.45) is 0 Å². The molecule has 0 fully saturated rings. The molecule has 0 bridgehead atoms. The zero-order valence-electron chi connectivity index (χ0n) is 6.95. The van der Waals surface area contributed by atoms with Crippen molar-refractivity contribution in [1.29, 1.82) is 0 Å². The van der Waals surface area contributed by atoms with Gasteiger partial charge in [-0.2, -0.15) is 13.2 Å². The molecule has 0 N–H and O–H groups in total. The van der Waals surface area contributed by atoms with E-state index in [0.29, 0.717) is 6.07 Å². The van der Waals surface area contributed by atoms with Gasteiger partial charge in [-0.1, -0.05) is 0 Å². The number of hydrogen-bond donors (Lipinski definition) is 0. The van der Waals surface area contributed by atoms with Crippen LogP contribution in [-0.4, -0.2) is 6.26 Å². The highest BCUT2D eigenvalue weighted by molar-refractivity contribution is 9.10. The summed E-state index contributed by atoms with van der Waals surface area (Å²) >= 11 is 3.94. The maximum Gasteiger partial charge on any atom is 0.416 e. The van der Waals surface area contributed by atoms with Crippen LogP contribution in [0.25, 0.3) is 0 Å². The second-order valence-corrected chi connectivity index (χ2v) is 4.14. The van der Waals surface area contributed by atoms with E-state index in [9.17, 15) is 17.6 Å². The topological polar surface area (TPSA) is 0 Å². The van der Waals surface area contributed by atoms with Crippen molar-refractivity contribution in [2.45, 2.75) is 11.1 Å². The van der Waals surface area contributed by atoms with Gasteiger partial charge in [0.1, 0.15) is 5.82 Å². The van der Waals surface area contributed by atoms with Gasteiger partial charge in [-0.25, -0.2) is 4.39 Å². The first-order valence-electron chi connectivity index (χ1n) is 3.46. The van der Waals surface area contributed by atoms with Crippen molar-refractivity contribution in [1.82, 2.24) is 0 Å². The van der Waals surface area contributed by atoms with Crippen molar-refractivity contribution in [2.75, 3.05) is 6.26 Å². The van der Waals surface area contributed by atoms with Crippen LogP contribution in [0.3, 0.4) is 0 Å². The van der Waals surface area contributed by atoms with Crippen LogP contribution in [0.15, 0.2) is 21.5 Å². The molecule has 0 saturated heterocycles. The SMILES string of the molecule is CSc1c(F)cc(C(F)(F)F)cc1Br. The smallest absolute Gasteiger partial charge is 0.206 e. The third kappa shape index (κ3) is 2.42. The summed E-state index contributed by atoms with van der Waals surface area (Å²) in [7, 11) is 0. The van der Waals surface area contributed by atoms with Crippen LogP contribution in [0.1, 0.15) is 5.56 Å². The van der Waals surface area contributed by atoms with Crippen molar-refractivity contribution >= 4 is 27.7 Å². The van der Waals surface area contributed by atoms with Gasteiger partial charge in [0.25, 0.3) is 0 Å². The standard InChI is InChI=1S/C8H5BrF4S/c1-14-7-5(9)2-4(3-6(7)10)8(11,12)13/h2-3H,1H3. The molecule has 0 aliphatic rings. The van der Waals surface area contributed by atoms with Gasteiger partial charge in [0, 0.05) is 4.47 Å². The fourth-order valence-corrected chi connectivity index (χ4v) is 2.35. The first-order valence-corrected chi connectivity index (χ1v) is 5.48. The summed E-state index contributed by atoms with van der Waals surface area (Å²) in [6.45, 7) is 0. The molecule has 78 valence electrons. The van der Waals surface area contributed by atoms with Crippen LogP contribution < -0.4 is 0 Å². The van der Waals surface area contributed by atoms with Crippen LogP contribution in [0.2, 0.25) is 0 Å². The van der Waals surface area contributed by atoms with E-state index in [1.165, 1.54) is 0 Å². The van der Waals surface area contributed by atoms with Crippen LogP contribution in [0.4, 0.5) is 17.6 Å². The highest BCUT2D eigenvalue weighted by Crippen LogP contribution is 2.36. The molecule has 14 heavy (non-hydrogen) atoms. The highest BCUT2D eigenvalue weighted by atomic mass is 79.9. The minimum atomic E-state index is -4.51. The number of halogens is 5. The predicted molar refractivity (Wildman–Crippen MR) is 50.9 cm³/mol. The van der Waals surface area contributed by atoms with E-state index in [4.69, 9.17) is 0 Å². The van der Waals surface area contributed by atoms with Gasteiger partial charge in [-0.05, 0) is 34.3 Å². The van der Waals surface area contributed by atoms with Crippen molar-refractivity contribution in [3.8, 4) is 0 Å². The van der Waals surface area contributed by atoms with Crippen LogP contribution >= 0.6 is 27.7 Å². The highest BCUT2D eigenvalue weighted by Gasteiger charge is 2.32. The zero-order chi connectivity index (χ0) is 10.9. The molecule has 0 unspecified atom stereocenters. The molecule has 0 heterocycles. The third-order valence-corrected chi connectivity index (χ3v) is 3.24. The number of hydrogen-bond acceptors (Lipinski definition) is 1. The molecule has 1 aromatic carbocycles. The lowest BCUT2D eigenvalue weighted by atomic mass is 10.2. The number of alkyl halides is 3. The number of benzene rings is 1. The Morgan fingerprint density at radius 3 is 2.21 bits per heavy atom. The Kier molecular flexibility index (Phi) is 3.47. The molecule has 0 spiro atoms. The largest absolute Gasteiger partial charge is 0.416 e. The van der Waals surface area contributed by atoms with E-state index >= 15 is 0 Å². The maximum absolute atomic E-state index is 13.1. The molecule has 0 nitrogen and oxygen atoms in total. The van der Waals surface area contributed by atoms with E-state index in [0.717, 1.165) is 17.8 Å². The van der Waals surface area contributed by atoms with Gasteiger partial charge >= 0.3 is 6.18 Å². The Morgan fingerprint density at radius 1 is 1.29 bits per heavy atom. The van der Waals surface area contributed by atoms with Crippen molar-refractivity contribution in [3.05, 3.63) is 28.0 Å². The quantitative estimate of drug-likeness (QED) is 0.548. The zero-order valence-corrected chi connectivity index (χ0v) is 9.36. The summed E-state index contributed by atoms with van der Waals surface area (Å²) in [6.07, 6.45) is -2.92. The molecule has 0 saturated carbocycles. The Bertz CT molecular complexity index is 325. The Morgan fingerprint density at radius 2 is 1.86 bits per heavy atom. The lowest BCUT2D eigenvalue weighted by molar-refractivity contribution is -0.137. The van der Waals surface area contributed by atoms with E-state index in [-0.39, 0.29) is 9.37 Å². The number of thioether (sulfide) groups is 1. The summed E-state index contributed by atoms with van der Waals surface area (Å²) in [6, 6.07) is 1.37. The molecule has 1 rings (SSSR count). The molecule has 0 atom stereocenters. The van der Waals surface area contributed by atoms with Crippen LogP contribution in [0.5, 0.6) is 0 Å². The maximum atomic E-state index is 13.1. The van der Waals surface area contributed by atoms with E-state index in [1.54, 1.807) is 6.26 Å². The molecular weight excluding hydrogens is 284 g/mol. The van der Waals surface area contributed by atoms with E-state index in [1.807, 2.05) is 0 Å². The normalized spacial score (nSPS) is 11.9. The molecule has 0 radical (unpaired) electrons. The fraction of sp³-hybridized carbons (Fsp3) is 0.250. The predicted octanol–water partition coefficient (Wildman–Crippen LogP) is 4.33. The lowest BCUT2D eigenvalue weighted by Crippen LogP contribution is -2.05. The second-order valence-electron chi connectivity index (χ2n) is 2.47. The Hall–Kier alpha value is -0.230. The summed E-state index contributed by atoms with van der Waals surface area (Å²) in [5, 5.41) is 0. The van der Waals surface area contributed by atoms with Crippen molar-refractivity contribution in [3.63, 3.8) is 0 Å². The van der Waals surface area contributed by atoms with Gasteiger partial charge in [0.15, 0.2) is 0 Å². The van der Waals surface area contributed by atoms with Crippen LogP contribution in [0, 0.1) is 5.82 Å². The monoisotopic (exact) mass is 288 g/mol. The molecule has 0 aromatic heterocycles. The Balaban J connectivity index is 3.28. The van der Waals surface area contributed by atoms with Gasteiger partial charge in [0.05, 0.1) is 10.5 Å². The molecule has 0 aliphatic heterocycles. The molecule has 0 aliphatic carbocycles. The first-order chi connectivity index (χ1) is 6.36. The van der Waals surface area contributed by atoms with Crippen LogP contribution in [-0.2, 0) is 6.18 Å².